The summed E-state index contributed by atoms with van der Waals surface area (Å²) in [4.78, 5) is 36.7. The Morgan fingerprint density at radius 2 is 1.82 bits per heavy atom. The SMILES string of the molecule is CC1(c2ccc(OC(F)F)cc2)NC(=O)N(Cc2ccccc2[N+](=O)[O-])C1=O. The van der Waals surface area contributed by atoms with Crippen LogP contribution < -0.4 is 10.1 Å². The molecule has 28 heavy (non-hydrogen) atoms. The van der Waals surface area contributed by atoms with Gasteiger partial charge in [0.25, 0.3) is 11.6 Å². The normalized spacial score (nSPS) is 19.1. The van der Waals surface area contributed by atoms with Crippen molar-refractivity contribution in [1.82, 2.24) is 10.2 Å². The standard InChI is InChI=1S/C18H15F2N3O5/c1-18(12-6-8-13(9-7-12)28-16(19)20)15(24)22(17(25)21-18)10-11-4-2-3-5-14(11)23(26)27/h2-9,16H,10H2,1H3,(H,21,25). The Hall–Kier alpha value is -3.56. The fraction of sp³-hybridized carbons (Fsp3) is 0.222. The molecule has 1 atom stereocenters. The van der Waals surface area contributed by atoms with Crippen LogP contribution in [0, 0.1) is 10.1 Å². The molecule has 1 heterocycles. The number of urea groups is 1. The Labute approximate surface area is 157 Å². The van der Waals surface area contributed by atoms with Crippen molar-refractivity contribution in [3.63, 3.8) is 0 Å². The maximum absolute atomic E-state index is 12.9. The minimum atomic E-state index is -2.98. The second-order valence-corrected chi connectivity index (χ2v) is 6.24. The number of ether oxygens (including phenoxy) is 1. The van der Waals surface area contributed by atoms with Gasteiger partial charge in [0.2, 0.25) is 0 Å². The van der Waals surface area contributed by atoms with Gasteiger partial charge in [-0.05, 0) is 24.6 Å². The molecule has 0 saturated carbocycles. The lowest BCUT2D eigenvalue weighted by molar-refractivity contribution is -0.385. The van der Waals surface area contributed by atoms with E-state index in [1.807, 2.05) is 0 Å². The smallest absolute Gasteiger partial charge is 0.387 e. The number of carbonyl (C=O) groups excluding carboxylic acids is 2. The van der Waals surface area contributed by atoms with E-state index >= 15 is 0 Å². The number of hydrogen-bond acceptors (Lipinski definition) is 5. The molecule has 0 spiro atoms. The molecule has 1 fully saturated rings. The third-order valence-corrected chi connectivity index (χ3v) is 4.45. The van der Waals surface area contributed by atoms with Crippen LogP contribution in [-0.2, 0) is 16.9 Å². The molecule has 1 saturated heterocycles. The van der Waals surface area contributed by atoms with Gasteiger partial charge in [-0.2, -0.15) is 8.78 Å². The zero-order chi connectivity index (χ0) is 20.5. The number of benzene rings is 2. The predicted molar refractivity (Wildman–Crippen MR) is 92.6 cm³/mol. The summed E-state index contributed by atoms with van der Waals surface area (Å²) in [5.74, 6) is -0.700. The highest BCUT2D eigenvalue weighted by Gasteiger charge is 2.49. The van der Waals surface area contributed by atoms with Crippen molar-refractivity contribution < 1.29 is 28.0 Å². The van der Waals surface area contributed by atoms with Gasteiger partial charge < -0.3 is 10.1 Å². The summed E-state index contributed by atoms with van der Waals surface area (Å²) in [5, 5.41) is 13.7. The average molecular weight is 391 g/mol. The molecular formula is C18H15F2N3O5. The maximum Gasteiger partial charge on any atom is 0.387 e. The molecule has 146 valence electrons. The van der Waals surface area contributed by atoms with Crippen molar-refractivity contribution >= 4 is 17.6 Å². The van der Waals surface area contributed by atoms with E-state index in [9.17, 15) is 28.5 Å². The summed E-state index contributed by atoms with van der Waals surface area (Å²) in [6.45, 7) is -1.79. The first-order chi connectivity index (χ1) is 13.2. The van der Waals surface area contributed by atoms with Crippen LogP contribution in [0.5, 0.6) is 5.75 Å². The second-order valence-electron chi connectivity index (χ2n) is 6.24. The minimum Gasteiger partial charge on any atom is -0.435 e. The van der Waals surface area contributed by atoms with Crippen molar-refractivity contribution in [3.8, 4) is 5.75 Å². The van der Waals surface area contributed by atoms with E-state index in [-0.39, 0.29) is 23.5 Å². The van der Waals surface area contributed by atoms with Gasteiger partial charge in [-0.25, -0.2) is 4.79 Å². The number of nitrogens with zero attached hydrogens (tertiary/aromatic N) is 2. The molecule has 1 unspecified atom stereocenters. The van der Waals surface area contributed by atoms with E-state index in [2.05, 4.69) is 10.1 Å². The van der Waals surface area contributed by atoms with Crippen LogP contribution in [0.15, 0.2) is 48.5 Å². The number of hydrogen-bond donors (Lipinski definition) is 1. The maximum atomic E-state index is 12.9. The van der Waals surface area contributed by atoms with E-state index in [0.29, 0.717) is 5.56 Å². The van der Waals surface area contributed by atoms with Crippen LogP contribution in [0.3, 0.4) is 0 Å². The van der Waals surface area contributed by atoms with E-state index < -0.39 is 29.0 Å². The van der Waals surface area contributed by atoms with Gasteiger partial charge in [-0.3, -0.25) is 19.8 Å². The molecule has 0 aromatic heterocycles. The number of imide groups is 1. The molecule has 10 heteroatoms. The Morgan fingerprint density at radius 3 is 2.43 bits per heavy atom. The third kappa shape index (κ3) is 3.48. The summed E-state index contributed by atoms with van der Waals surface area (Å²) in [6, 6.07) is 10.4. The van der Waals surface area contributed by atoms with Gasteiger partial charge in [0, 0.05) is 11.6 Å². The molecule has 0 radical (unpaired) electrons. The van der Waals surface area contributed by atoms with Crippen LogP contribution in [0.4, 0.5) is 19.3 Å². The lowest BCUT2D eigenvalue weighted by Crippen LogP contribution is -2.40. The van der Waals surface area contributed by atoms with Gasteiger partial charge in [-0.15, -0.1) is 0 Å². The van der Waals surface area contributed by atoms with E-state index in [4.69, 9.17) is 0 Å². The number of para-hydroxylation sites is 1. The first kappa shape index (κ1) is 19.2. The van der Waals surface area contributed by atoms with Crippen molar-refractivity contribution in [2.24, 2.45) is 0 Å². The summed E-state index contributed by atoms with van der Waals surface area (Å²) in [6.07, 6.45) is 0. The number of alkyl halides is 2. The van der Waals surface area contributed by atoms with Crippen LogP contribution in [-0.4, -0.2) is 28.4 Å². The number of nitro groups is 1. The minimum absolute atomic E-state index is 0.0871. The predicted octanol–water partition coefficient (Wildman–Crippen LogP) is 3.16. The third-order valence-electron chi connectivity index (χ3n) is 4.45. The first-order valence-electron chi connectivity index (χ1n) is 8.14. The molecule has 1 N–H and O–H groups in total. The van der Waals surface area contributed by atoms with Crippen molar-refractivity contribution in [3.05, 3.63) is 69.8 Å². The van der Waals surface area contributed by atoms with Gasteiger partial charge in [0.05, 0.1) is 11.5 Å². The largest absolute Gasteiger partial charge is 0.435 e. The number of rotatable bonds is 6. The van der Waals surface area contributed by atoms with Gasteiger partial charge in [0.1, 0.15) is 11.3 Å². The Bertz CT molecular complexity index is 935. The first-order valence-corrected chi connectivity index (χ1v) is 8.14. The number of halogens is 2. The van der Waals surface area contributed by atoms with Crippen molar-refractivity contribution in [2.45, 2.75) is 25.6 Å². The fourth-order valence-corrected chi connectivity index (χ4v) is 3.00. The number of nitro benzene ring substituents is 1. The molecule has 2 aromatic carbocycles. The molecule has 8 nitrogen and oxygen atoms in total. The van der Waals surface area contributed by atoms with Crippen molar-refractivity contribution in [1.29, 1.82) is 0 Å². The summed E-state index contributed by atoms with van der Waals surface area (Å²) in [5.41, 5.74) is -1.08. The van der Waals surface area contributed by atoms with E-state index in [1.54, 1.807) is 6.07 Å². The average Bonchev–Trinajstić information content (AvgIpc) is 2.86. The Kier molecular flexibility index (Phi) is 4.95. The summed E-state index contributed by atoms with van der Waals surface area (Å²) >= 11 is 0. The molecule has 3 rings (SSSR count). The molecule has 2 aromatic rings. The highest BCUT2D eigenvalue weighted by molar-refractivity contribution is 6.07. The Morgan fingerprint density at radius 1 is 1.18 bits per heavy atom. The lowest BCUT2D eigenvalue weighted by atomic mass is 9.92. The lowest BCUT2D eigenvalue weighted by Gasteiger charge is -2.22. The number of amides is 3. The molecule has 0 bridgehead atoms. The quantitative estimate of drug-likeness (QED) is 0.463. The van der Waals surface area contributed by atoms with Crippen LogP contribution in [0.1, 0.15) is 18.1 Å². The molecule has 1 aliphatic rings. The summed E-state index contributed by atoms with van der Waals surface area (Å²) in [7, 11) is 0. The zero-order valence-electron chi connectivity index (χ0n) is 14.6. The molecule has 3 amide bonds. The number of nitrogens with one attached hydrogen (secondary N) is 1. The highest BCUT2D eigenvalue weighted by Crippen LogP contribution is 2.32. The topological polar surface area (TPSA) is 102 Å². The van der Waals surface area contributed by atoms with Crippen LogP contribution in [0.2, 0.25) is 0 Å². The molecule has 1 aliphatic heterocycles. The zero-order valence-corrected chi connectivity index (χ0v) is 14.6. The second kappa shape index (κ2) is 7.22. The van der Waals surface area contributed by atoms with Gasteiger partial charge in [-0.1, -0.05) is 30.3 Å². The van der Waals surface area contributed by atoms with Crippen LogP contribution >= 0.6 is 0 Å². The fourth-order valence-electron chi connectivity index (χ4n) is 3.00. The number of carbonyl (C=O) groups is 2. The Balaban J connectivity index is 1.86. The van der Waals surface area contributed by atoms with Gasteiger partial charge in [0.15, 0.2) is 0 Å². The molecular weight excluding hydrogens is 376 g/mol. The monoisotopic (exact) mass is 391 g/mol. The van der Waals surface area contributed by atoms with Crippen molar-refractivity contribution in [2.75, 3.05) is 0 Å². The molecule has 0 aliphatic carbocycles. The van der Waals surface area contributed by atoms with E-state index in [0.717, 1.165) is 4.90 Å². The van der Waals surface area contributed by atoms with E-state index in [1.165, 1.54) is 49.4 Å². The highest BCUT2D eigenvalue weighted by atomic mass is 19.3. The summed E-state index contributed by atoms with van der Waals surface area (Å²) < 4.78 is 28.8. The van der Waals surface area contributed by atoms with Crippen LogP contribution in [0.25, 0.3) is 0 Å². The van der Waals surface area contributed by atoms with Gasteiger partial charge >= 0.3 is 12.6 Å².